The second-order valence-electron chi connectivity index (χ2n) is 8.54. The second kappa shape index (κ2) is 13.5. The SMILES string of the molecule is CCCNC(=O)C(C)N(Cc1cccc(Br)c1)C(=O)CN(c1ccc(Cl)c(Cl)c1)S(=O)(=O)c1ccccc1. The Kier molecular flexibility index (Phi) is 10.6. The van der Waals surface area contributed by atoms with Gasteiger partial charge in [-0.15, -0.1) is 0 Å². The van der Waals surface area contributed by atoms with Crippen LogP contribution in [0.1, 0.15) is 25.8 Å². The molecule has 0 bridgehead atoms. The number of carbonyl (C=O) groups excluding carboxylic acids is 2. The number of rotatable bonds is 11. The van der Waals surface area contributed by atoms with Gasteiger partial charge in [0.1, 0.15) is 12.6 Å². The van der Waals surface area contributed by atoms with Gasteiger partial charge >= 0.3 is 0 Å². The van der Waals surface area contributed by atoms with Crippen LogP contribution in [0.4, 0.5) is 5.69 Å². The van der Waals surface area contributed by atoms with Crippen LogP contribution in [0, 0.1) is 0 Å². The summed E-state index contributed by atoms with van der Waals surface area (Å²) in [6.45, 7) is 3.54. The molecule has 0 aliphatic carbocycles. The first kappa shape index (κ1) is 30.0. The molecule has 0 fully saturated rings. The Morgan fingerprint density at radius 2 is 1.68 bits per heavy atom. The third-order valence-corrected chi connectivity index (χ3v) is 8.78. The summed E-state index contributed by atoms with van der Waals surface area (Å²) in [4.78, 5) is 28.1. The van der Waals surface area contributed by atoms with Crippen LogP contribution in [0.25, 0.3) is 0 Å². The van der Waals surface area contributed by atoms with E-state index in [1.807, 2.05) is 31.2 Å². The Labute approximate surface area is 241 Å². The zero-order valence-electron chi connectivity index (χ0n) is 20.9. The van der Waals surface area contributed by atoms with Crippen molar-refractivity contribution in [3.63, 3.8) is 0 Å². The normalized spacial score (nSPS) is 12.0. The molecule has 0 radical (unpaired) electrons. The maximum atomic E-state index is 13.8. The van der Waals surface area contributed by atoms with E-state index in [4.69, 9.17) is 23.2 Å². The van der Waals surface area contributed by atoms with E-state index in [1.54, 1.807) is 25.1 Å². The van der Waals surface area contributed by atoms with E-state index in [9.17, 15) is 18.0 Å². The average Bonchev–Trinajstić information content (AvgIpc) is 2.90. The van der Waals surface area contributed by atoms with E-state index in [0.29, 0.717) is 6.54 Å². The minimum Gasteiger partial charge on any atom is -0.354 e. The maximum Gasteiger partial charge on any atom is 0.264 e. The standard InChI is InChI=1S/C27H28BrCl2N3O4S/c1-3-14-31-27(35)19(2)32(17-20-8-7-9-21(28)15-20)26(34)18-33(22-12-13-24(29)25(30)16-22)38(36,37)23-10-5-4-6-11-23/h4-13,15-16,19H,3,14,17-18H2,1-2H3,(H,31,35). The summed E-state index contributed by atoms with van der Waals surface area (Å²) < 4.78 is 29.3. The van der Waals surface area contributed by atoms with Crippen molar-refractivity contribution in [2.75, 3.05) is 17.4 Å². The summed E-state index contributed by atoms with van der Waals surface area (Å²) in [5.74, 6) is -0.892. The van der Waals surface area contributed by atoms with Crippen LogP contribution >= 0.6 is 39.1 Å². The van der Waals surface area contributed by atoms with Gasteiger partial charge in [-0.05, 0) is 61.4 Å². The van der Waals surface area contributed by atoms with Crippen LogP contribution in [0.5, 0.6) is 0 Å². The summed E-state index contributed by atoms with van der Waals surface area (Å²) >= 11 is 15.7. The van der Waals surface area contributed by atoms with Crippen molar-refractivity contribution in [2.45, 2.75) is 37.8 Å². The van der Waals surface area contributed by atoms with Crippen molar-refractivity contribution < 1.29 is 18.0 Å². The molecule has 0 aliphatic rings. The molecule has 3 aromatic carbocycles. The summed E-state index contributed by atoms with van der Waals surface area (Å²) in [7, 11) is -4.18. The van der Waals surface area contributed by atoms with Crippen molar-refractivity contribution in [1.29, 1.82) is 0 Å². The number of sulfonamides is 1. The zero-order valence-corrected chi connectivity index (χ0v) is 24.8. The van der Waals surface area contributed by atoms with Crippen LogP contribution in [0.2, 0.25) is 10.0 Å². The topological polar surface area (TPSA) is 86.8 Å². The molecule has 1 unspecified atom stereocenters. The highest BCUT2D eigenvalue weighted by Crippen LogP contribution is 2.31. The first-order valence-electron chi connectivity index (χ1n) is 11.9. The van der Waals surface area contributed by atoms with Crippen LogP contribution in [-0.4, -0.2) is 44.3 Å². The monoisotopic (exact) mass is 639 g/mol. The minimum absolute atomic E-state index is 0.00569. The fraction of sp³-hybridized carbons (Fsp3) is 0.259. The highest BCUT2D eigenvalue weighted by Gasteiger charge is 2.32. The molecule has 0 saturated carbocycles. The van der Waals surface area contributed by atoms with Crippen molar-refractivity contribution in [2.24, 2.45) is 0 Å². The summed E-state index contributed by atoms with van der Waals surface area (Å²) in [6, 6.07) is 18.6. The lowest BCUT2D eigenvalue weighted by atomic mass is 10.1. The number of carbonyl (C=O) groups is 2. The largest absolute Gasteiger partial charge is 0.354 e. The molecular weight excluding hydrogens is 613 g/mol. The Hall–Kier alpha value is -2.59. The van der Waals surface area contributed by atoms with Crippen LogP contribution in [0.3, 0.4) is 0 Å². The molecule has 0 spiro atoms. The first-order chi connectivity index (χ1) is 18.0. The molecule has 38 heavy (non-hydrogen) atoms. The fourth-order valence-electron chi connectivity index (χ4n) is 3.70. The highest BCUT2D eigenvalue weighted by atomic mass is 79.9. The highest BCUT2D eigenvalue weighted by molar-refractivity contribution is 9.10. The maximum absolute atomic E-state index is 13.8. The van der Waals surface area contributed by atoms with Gasteiger partial charge in [0.05, 0.1) is 20.6 Å². The van der Waals surface area contributed by atoms with E-state index in [0.717, 1.165) is 20.8 Å². The Bertz CT molecular complexity index is 1390. The number of hydrogen-bond donors (Lipinski definition) is 1. The lowest BCUT2D eigenvalue weighted by Gasteiger charge is -2.32. The Morgan fingerprint density at radius 3 is 2.32 bits per heavy atom. The predicted molar refractivity (Wildman–Crippen MR) is 155 cm³/mol. The molecule has 11 heteroatoms. The van der Waals surface area contributed by atoms with Crippen molar-refractivity contribution in [1.82, 2.24) is 10.2 Å². The third-order valence-electron chi connectivity index (χ3n) is 5.76. The molecule has 0 heterocycles. The van der Waals surface area contributed by atoms with E-state index >= 15 is 0 Å². The molecule has 0 aromatic heterocycles. The molecule has 1 atom stereocenters. The molecule has 1 N–H and O–H groups in total. The fourth-order valence-corrected chi connectivity index (χ4v) is 5.87. The van der Waals surface area contributed by atoms with Gasteiger partial charge in [0.25, 0.3) is 10.0 Å². The Morgan fingerprint density at radius 1 is 0.974 bits per heavy atom. The number of anilines is 1. The number of halogens is 3. The number of nitrogens with zero attached hydrogens (tertiary/aromatic N) is 2. The smallest absolute Gasteiger partial charge is 0.264 e. The van der Waals surface area contributed by atoms with Crippen LogP contribution in [-0.2, 0) is 26.2 Å². The van der Waals surface area contributed by atoms with E-state index in [-0.39, 0.29) is 33.1 Å². The van der Waals surface area contributed by atoms with Gasteiger partial charge in [-0.25, -0.2) is 8.42 Å². The van der Waals surface area contributed by atoms with Crippen molar-refractivity contribution >= 4 is 66.7 Å². The van der Waals surface area contributed by atoms with Gasteiger partial charge in [-0.2, -0.15) is 0 Å². The number of benzene rings is 3. The molecule has 0 saturated heterocycles. The van der Waals surface area contributed by atoms with Gasteiger partial charge in [0.15, 0.2) is 0 Å². The molecule has 0 aliphatic heterocycles. The van der Waals surface area contributed by atoms with Crippen LogP contribution < -0.4 is 9.62 Å². The number of amides is 2. The first-order valence-corrected chi connectivity index (χ1v) is 14.9. The average molecular weight is 641 g/mol. The quantitative estimate of drug-likeness (QED) is 0.283. The van der Waals surface area contributed by atoms with Gasteiger partial charge in [0.2, 0.25) is 11.8 Å². The molecule has 3 aromatic rings. The molecule has 2 amide bonds. The van der Waals surface area contributed by atoms with Gasteiger partial charge in [-0.1, -0.05) is 76.4 Å². The van der Waals surface area contributed by atoms with Crippen molar-refractivity contribution in [3.05, 3.63) is 92.9 Å². The minimum atomic E-state index is -4.18. The molecule has 202 valence electrons. The van der Waals surface area contributed by atoms with E-state index in [1.165, 1.54) is 35.2 Å². The molecule has 3 rings (SSSR count). The summed E-state index contributed by atoms with van der Waals surface area (Å²) in [6.07, 6.45) is 0.735. The molecular formula is C27H28BrCl2N3O4S. The van der Waals surface area contributed by atoms with E-state index in [2.05, 4.69) is 21.2 Å². The lowest BCUT2D eigenvalue weighted by molar-refractivity contribution is -0.139. The second-order valence-corrected chi connectivity index (χ2v) is 12.1. The van der Waals surface area contributed by atoms with Gasteiger partial charge < -0.3 is 10.2 Å². The summed E-state index contributed by atoms with van der Waals surface area (Å²) in [5.41, 5.74) is 0.942. The number of nitrogens with one attached hydrogen (secondary N) is 1. The summed E-state index contributed by atoms with van der Waals surface area (Å²) in [5, 5.41) is 3.20. The predicted octanol–water partition coefficient (Wildman–Crippen LogP) is 5.89. The van der Waals surface area contributed by atoms with Crippen LogP contribution in [0.15, 0.2) is 82.2 Å². The third kappa shape index (κ3) is 7.50. The van der Waals surface area contributed by atoms with E-state index < -0.39 is 28.5 Å². The number of hydrogen-bond acceptors (Lipinski definition) is 4. The zero-order chi connectivity index (χ0) is 27.9. The lowest BCUT2D eigenvalue weighted by Crippen LogP contribution is -2.51. The van der Waals surface area contributed by atoms with Crippen molar-refractivity contribution in [3.8, 4) is 0 Å². The Balaban J connectivity index is 2.03. The molecule has 7 nitrogen and oxygen atoms in total. The van der Waals surface area contributed by atoms with Gasteiger partial charge in [-0.3, -0.25) is 13.9 Å². The van der Waals surface area contributed by atoms with Gasteiger partial charge in [0, 0.05) is 17.6 Å².